The summed E-state index contributed by atoms with van der Waals surface area (Å²) in [7, 11) is 1.85. The highest BCUT2D eigenvalue weighted by atomic mass is 16.7. The van der Waals surface area contributed by atoms with E-state index in [4.69, 9.17) is 24.1 Å². The van der Waals surface area contributed by atoms with Gasteiger partial charge in [0.1, 0.15) is 0 Å². The Morgan fingerprint density at radius 1 is 1.11 bits per heavy atom. The number of hydrogen-bond donors (Lipinski definition) is 2. The van der Waals surface area contributed by atoms with Crippen LogP contribution in [0.3, 0.4) is 0 Å². The average Bonchev–Trinajstić information content (AvgIpc) is 3.53. The number of nitrogens with one attached hydrogen (secondary N) is 1. The molecule has 4 rings (SSSR count). The Kier molecular flexibility index (Phi) is 12.6. The molecule has 0 unspecified atom stereocenters. The fourth-order valence-corrected chi connectivity index (χ4v) is 5.85. The van der Waals surface area contributed by atoms with E-state index >= 15 is 0 Å². The van der Waals surface area contributed by atoms with Crippen molar-refractivity contribution in [3.63, 3.8) is 0 Å². The lowest BCUT2D eigenvalue weighted by molar-refractivity contribution is -0.168. The molecule has 0 spiro atoms. The maximum atomic E-state index is 14.1. The number of nitrogens with zero attached hydrogens (tertiary/aromatic N) is 3. The quantitative estimate of drug-likeness (QED) is 0.259. The van der Waals surface area contributed by atoms with Crippen molar-refractivity contribution in [1.82, 2.24) is 19.6 Å². The van der Waals surface area contributed by atoms with Gasteiger partial charge >= 0.3 is 0 Å². The third-order valence-electron chi connectivity index (χ3n) is 8.14. The number of hydrogen-bond acceptors (Lipinski definition) is 8. The Balaban J connectivity index is 1.58. The predicted octanol–water partition coefficient (Wildman–Crippen LogP) is 2.01. The van der Waals surface area contributed by atoms with Gasteiger partial charge in [0.2, 0.25) is 12.2 Å². The molecular weight excluding hydrogens is 568 g/mol. The summed E-state index contributed by atoms with van der Waals surface area (Å²) in [6.07, 6.45) is 3.55. The van der Waals surface area contributed by atoms with Crippen molar-refractivity contribution in [2.75, 3.05) is 59.3 Å². The standard InChI is InChI=1S/C32H46N4O8/c1-4-43-32-25(13-18-41-20-21-42-19-17-37)26(29-23(2)34(3)36(31(29)40)24-10-6-5-7-11-24)22-27(44-32)30(39)33-14-9-16-35-15-8-12-28(35)38/h5-7,10-11,22,25-26,32,37H,4,8-9,12-21H2,1-3H3,(H,33,39)/t25-,26-,32+/m0/s1. The summed E-state index contributed by atoms with van der Waals surface area (Å²) >= 11 is 0. The van der Waals surface area contributed by atoms with Crippen molar-refractivity contribution in [3.8, 4) is 5.69 Å². The van der Waals surface area contributed by atoms with E-state index in [0.29, 0.717) is 64.3 Å². The highest BCUT2D eigenvalue weighted by Gasteiger charge is 2.41. The summed E-state index contributed by atoms with van der Waals surface area (Å²) in [5, 5.41) is 11.8. The Hall–Kier alpha value is -3.45. The molecule has 1 aromatic carbocycles. The van der Waals surface area contributed by atoms with Gasteiger partial charge in [0.15, 0.2) is 5.76 Å². The molecule has 3 heterocycles. The number of carbonyl (C=O) groups is 2. The van der Waals surface area contributed by atoms with Crippen molar-refractivity contribution in [1.29, 1.82) is 0 Å². The van der Waals surface area contributed by atoms with Crippen LogP contribution in [0, 0.1) is 12.8 Å². The predicted molar refractivity (Wildman–Crippen MR) is 163 cm³/mol. The van der Waals surface area contributed by atoms with Gasteiger partial charge in [-0.25, -0.2) is 4.68 Å². The normalized spacial score (nSPS) is 20.1. The van der Waals surface area contributed by atoms with Crippen LogP contribution in [0.25, 0.3) is 5.69 Å². The van der Waals surface area contributed by atoms with Crippen molar-refractivity contribution in [3.05, 3.63) is 63.8 Å². The molecule has 1 saturated heterocycles. The van der Waals surface area contributed by atoms with Gasteiger partial charge in [0.05, 0.1) is 32.1 Å². The summed E-state index contributed by atoms with van der Waals surface area (Å²) in [4.78, 5) is 41.2. The van der Waals surface area contributed by atoms with Crippen LogP contribution >= 0.6 is 0 Å². The number of amides is 2. The monoisotopic (exact) mass is 614 g/mol. The zero-order valence-corrected chi connectivity index (χ0v) is 26.0. The smallest absolute Gasteiger partial charge is 0.286 e. The second-order valence-corrected chi connectivity index (χ2v) is 11.0. The molecule has 12 nitrogen and oxygen atoms in total. The minimum atomic E-state index is -0.781. The third-order valence-corrected chi connectivity index (χ3v) is 8.14. The van der Waals surface area contributed by atoms with Crippen LogP contribution in [-0.4, -0.2) is 96.7 Å². The summed E-state index contributed by atoms with van der Waals surface area (Å²) < 4.78 is 26.7. The number of carbonyl (C=O) groups excluding carboxylic acids is 2. The number of aromatic nitrogens is 2. The van der Waals surface area contributed by atoms with Crippen molar-refractivity contribution >= 4 is 11.8 Å². The molecular formula is C32H46N4O8. The Bertz CT molecular complexity index is 1320. The van der Waals surface area contributed by atoms with E-state index in [0.717, 1.165) is 24.3 Å². The molecule has 2 amide bonds. The molecule has 44 heavy (non-hydrogen) atoms. The lowest BCUT2D eigenvalue weighted by Gasteiger charge is -2.36. The zero-order chi connectivity index (χ0) is 31.5. The summed E-state index contributed by atoms with van der Waals surface area (Å²) in [5.74, 6) is -0.927. The van der Waals surface area contributed by atoms with Crippen LogP contribution in [0.5, 0.6) is 0 Å². The number of para-hydroxylation sites is 1. The average molecular weight is 615 g/mol. The Morgan fingerprint density at radius 3 is 2.55 bits per heavy atom. The number of allylic oxidation sites excluding steroid dienone is 1. The molecule has 2 N–H and O–H groups in total. The first-order chi connectivity index (χ1) is 21.4. The summed E-state index contributed by atoms with van der Waals surface area (Å²) in [6, 6.07) is 9.43. The summed E-state index contributed by atoms with van der Waals surface area (Å²) in [5.41, 5.74) is 1.91. The lowest BCUT2D eigenvalue weighted by Crippen LogP contribution is -2.41. The Morgan fingerprint density at radius 2 is 1.86 bits per heavy atom. The topological polar surface area (TPSA) is 133 Å². The first kappa shape index (κ1) is 33.4. The van der Waals surface area contributed by atoms with Crippen LogP contribution in [0.15, 0.2) is 47.0 Å². The van der Waals surface area contributed by atoms with E-state index in [-0.39, 0.29) is 42.3 Å². The first-order valence-corrected chi connectivity index (χ1v) is 15.5. The fourth-order valence-electron chi connectivity index (χ4n) is 5.85. The first-order valence-electron chi connectivity index (χ1n) is 15.5. The van der Waals surface area contributed by atoms with Gasteiger partial charge in [-0.1, -0.05) is 18.2 Å². The van der Waals surface area contributed by atoms with Gasteiger partial charge < -0.3 is 34.3 Å². The maximum absolute atomic E-state index is 14.1. The van der Waals surface area contributed by atoms with Crippen LogP contribution in [0.1, 0.15) is 49.8 Å². The number of aliphatic hydroxyl groups excluding tert-OH is 1. The minimum absolute atomic E-state index is 0.0472. The van der Waals surface area contributed by atoms with Crippen molar-refractivity contribution in [2.45, 2.75) is 51.7 Å². The molecule has 0 radical (unpaired) electrons. The third kappa shape index (κ3) is 8.17. The van der Waals surface area contributed by atoms with Gasteiger partial charge in [-0.05, 0) is 51.3 Å². The van der Waals surface area contributed by atoms with Gasteiger partial charge in [0.25, 0.3) is 11.5 Å². The van der Waals surface area contributed by atoms with Crippen LogP contribution in [-0.2, 0) is 35.6 Å². The molecule has 0 bridgehead atoms. The van der Waals surface area contributed by atoms with Gasteiger partial charge in [-0.2, -0.15) is 0 Å². The van der Waals surface area contributed by atoms with Crippen molar-refractivity contribution in [2.24, 2.45) is 13.0 Å². The zero-order valence-electron chi connectivity index (χ0n) is 26.0. The second kappa shape index (κ2) is 16.6. The molecule has 2 aliphatic heterocycles. The SMILES string of the molecule is CCO[C@@H]1OC(C(=O)NCCCN2CCCC2=O)=C[C@H](c2c(C)n(C)n(-c3ccccc3)c2=O)[C@@H]1CCOCCOCCO. The number of rotatable bonds is 17. The largest absolute Gasteiger partial charge is 0.459 e. The van der Waals surface area contributed by atoms with Crippen LogP contribution < -0.4 is 10.9 Å². The van der Waals surface area contributed by atoms with Crippen molar-refractivity contribution < 1.29 is 33.6 Å². The molecule has 242 valence electrons. The van der Waals surface area contributed by atoms with Gasteiger partial charge in [-0.3, -0.25) is 19.1 Å². The highest BCUT2D eigenvalue weighted by molar-refractivity contribution is 5.91. The van der Waals surface area contributed by atoms with Gasteiger partial charge in [-0.15, -0.1) is 0 Å². The van der Waals surface area contributed by atoms with E-state index in [1.165, 1.54) is 0 Å². The molecule has 1 aromatic heterocycles. The van der Waals surface area contributed by atoms with E-state index < -0.39 is 12.2 Å². The number of likely N-dealkylation sites (tertiary alicyclic amines) is 1. The second-order valence-electron chi connectivity index (χ2n) is 11.0. The molecule has 3 atom stereocenters. The van der Waals surface area contributed by atoms with E-state index in [1.807, 2.05) is 60.8 Å². The van der Waals surface area contributed by atoms with Crippen LogP contribution in [0.4, 0.5) is 0 Å². The number of benzene rings is 1. The number of ether oxygens (including phenoxy) is 4. The van der Waals surface area contributed by atoms with Gasteiger partial charge in [0, 0.05) is 69.4 Å². The number of aliphatic hydroxyl groups is 1. The molecule has 2 aromatic rings. The minimum Gasteiger partial charge on any atom is -0.459 e. The highest BCUT2D eigenvalue weighted by Crippen LogP contribution is 2.39. The molecule has 2 aliphatic rings. The Labute approximate surface area is 258 Å². The van der Waals surface area contributed by atoms with E-state index in [9.17, 15) is 14.4 Å². The van der Waals surface area contributed by atoms with E-state index in [1.54, 1.807) is 10.8 Å². The lowest BCUT2D eigenvalue weighted by atomic mass is 9.81. The maximum Gasteiger partial charge on any atom is 0.286 e. The molecule has 12 heteroatoms. The summed E-state index contributed by atoms with van der Waals surface area (Å²) in [6.45, 7) is 7.13. The molecule has 0 aliphatic carbocycles. The molecule has 0 saturated carbocycles. The van der Waals surface area contributed by atoms with Crippen LogP contribution in [0.2, 0.25) is 0 Å². The van der Waals surface area contributed by atoms with E-state index in [2.05, 4.69) is 5.32 Å². The molecule has 1 fully saturated rings. The fraction of sp³-hybridized carbons (Fsp3) is 0.594.